The average molecular weight is 277 g/mol. The molecule has 108 valence electrons. The highest BCUT2D eigenvalue weighted by Crippen LogP contribution is 2.29. The van der Waals surface area contributed by atoms with Crippen LogP contribution in [0.3, 0.4) is 0 Å². The molecule has 1 unspecified atom stereocenters. The van der Waals surface area contributed by atoms with E-state index < -0.39 is 6.10 Å². The lowest BCUT2D eigenvalue weighted by Crippen LogP contribution is -2.37. The van der Waals surface area contributed by atoms with Crippen LogP contribution in [0.1, 0.15) is 37.0 Å². The first-order chi connectivity index (χ1) is 9.63. The second-order valence-electron chi connectivity index (χ2n) is 4.80. The number of rotatable bonds is 7. The molecular formula is C15H19NO4. The lowest BCUT2D eigenvalue weighted by atomic mass is 10.2. The van der Waals surface area contributed by atoms with Crippen LogP contribution in [0.2, 0.25) is 0 Å². The van der Waals surface area contributed by atoms with Crippen molar-refractivity contribution < 1.29 is 19.1 Å². The predicted octanol–water partition coefficient (Wildman–Crippen LogP) is 1.94. The van der Waals surface area contributed by atoms with Gasteiger partial charge in [-0.15, -0.1) is 0 Å². The first-order valence-electron chi connectivity index (χ1n) is 6.83. The summed E-state index contributed by atoms with van der Waals surface area (Å²) in [6, 6.07) is 5.20. The van der Waals surface area contributed by atoms with E-state index in [1.54, 1.807) is 25.1 Å². The molecule has 5 nitrogen and oxygen atoms in total. The smallest absolute Gasteiger partial charge is 0.260 e. The minimum Gasteiger partial charge on any atom is -0.490 e. The quantitative estimate of drug-likeness (QED) is 0.774. The minimum atomic E-state index is -0.600. The Balaban J connectivity index is 2.06. The van der Waals surface area contributed by atoms with E-state index in [4.69, 9.17) is 9.47 Å². The van der Waals surface area contributed by atoms with Gasteiger partial charge in [0.15, 0.2) is 17.6 Å². The molecule has 0 bridgehead atoms. The maximum absolute atomic E-state index is 11.9. The molecule has 1 fully saturated rings. The summed E-state index contributed by atoms with van der Waals surface area (Å²) in [5.41, 5.74) is 0.510. The van der Waals surface area contributed by atoms with Crippen molar-refractivity contribution in [1.29, 1.82) is 0 Å². The number of amides is 1. The van der Waals surface area contributed by atoms with Crippen molar-refractivity contribution in [1.82, 2.24) is 5.32 Å². The molecule has 1 aliphatic rings. The molecule has 0 aliphatic heterocycles. The van der Waals surface area contributed by atoms with Crippen molar-refractivity contribution >= 4 is 12.2 Å². The van der Waals surface area contributed by atoms with E-state index in [0.717, 1.165) is 19.1 Å². The van der Waals surface area contributed by atoms with Crippen LogP contribution in [0.5, 0.6) is 11.5 Å². The van der Waals surface area contributed by atoms with Gasteiger partial charge >= 0.3 is 0 Å². The highest BCUT2D eigenvalue weighted by Gasteiger charge is 2.26. The number of benzene rings is 1. The zero-order valence-electron chi connectivity index (χ0n) is 11.7. The van der Waals surface area contributed by atoms with Crippen LogP contribution in [-0.2, 0) is 4.79 Å². The molecular weight excluding hydrogens is 258 g/mol. The van der Waals surface area contributed by atoms with Gasteiger partial charge in [-0.3, -0.25) is 9.59 Å². The Labute approximate surface area is 118 Å². The van der Waals surface area contributed by atoms with Crippen molar-refractivity contribution in [3.63, 3.8) is 0 Å². The topological polar surface area (TPSA) is 64.6 Å². The second kappa shape index (κ2) is 6.41. The average Bonchev–Trinajstić information content (AvgIpc) is 3.24. The van der Waals surface area contributed by atoms with Gasteiger partial charge in [0, 0.05) is 11.6 Å². The van der Waals surface area contributed by atoms with Gasteiger partial charge in [-0.2, -0.15) is 0 Å². The number of ether oxygens (including phenoxy) is 2. The maximum atomic E-state index is 11.9. The third-order valence-electron chi connectivity index (χ3n) is 3.00. The number of nitrogens with one attached hydrogen (secondary N) is 1. The monoisotopic (exact) mass is 277 g/mol. The van der Waals surface area contributed by atoms with E-state index in [2.05, 4.69) is 5.32 Å². The molecule has 1 saturated carbocycles. The lowest BCUT2D eigenvalue weighted by Gasteiger charge is -2.17. The molecule has 1 aromatic carbocycles. The van der Waals surface area contributed by atoms with Crippen molar-refractivity contribution in [2.24, 2.45) is 0 Å². The summed E-state index contributed by atoms with van der Waals surface area (Å²) in [6.07, 6.45) is 2.22. The third-order valence-corrected chi connectivity index (χ3v) is 3.00. The molecule has 0 saturated heterocycles. The number of carbonyl (C=O) groups is 2. The third kappa shape index (κ3) is 3.73. The van der Waals surface area contributed by atoms with Gasteiger partial charge in [0.1, 0.15) is 6.29 Å². The molecule has 1 aliphatic carbocycles. The zero-order chi connectivity index (χ0) is 14.5. The van der Waals surface area contributed by atoms with Gasteiger partial charge in [0.05, 0.1) is 6.61 Å². The van der Waals surface area contributed by atoms with Crippen molar-refractivity contribution in [2.45, 2.75) is 38.8 Å². The Morgan fingerprint density at radius 1 is 1.45 bits per heavy atom. The Kier molecular flexibility index (Phi) is 4.61. The maximum Gasteiger partial charge on any atom is 0.260 e. The summed E-state index contributed by atoms with van der Waals surface area (Å²) < 4.78 is 11.1. The number of hydrogen-bond donors (Lipinski definition) is 1. The minimum absolute atomic E-state index is 0.130. The van der Waals surface area contributed by atoms with Gasteiger partial charge < -0.3 is 14.8 Å². The molecule has 1 N–H and O–H groups in total. The van der Waals surface area contributed by atoms with E-state index in [1.807, 2.05) is 6.92 Å². The highest BCUT2D eigenvalue weighted by atomic mass is 16.5. The Bertz CT molecular complexity index is 497. The van der Waals surface area contributed by atoms with Crippen LogP contribution in [-0.4, -0.2) is 30.9 Å². The zero-order valence-corrected chi connectivity index (χ0v) is 11.7. The summed E-state index contributed by atoms with van der Waals surface area (Å²) in [5, 5.41) is 2.89. The van der Waals surface area contributed by atoms with Gasteiger partial charge in [0.2, 0.25) is 0 Å². The molecule has 0 aromatic heterocycles. The molecule has 0 heterocycles. The molecule has 20 heavy (non-hydrogen) atoms. The Morgan fingerprint density at radius 2 is 2.20 bits per heavy atom. The van der Waals surface area contributed by atoms with E-state index in [0.29, 0.717) is 29.7 Å². The molecule has 1 atom stereocenters. The summed E-state index contributed by atoms with van der Waals surface area (Å²) in [7, 11) is 0. The lowest BCUT2D eigenvalue weighted by molar-refractivity contribution is -0.127. The van der Waals surface area contributed by atoms with Crippen molar-refractivity contribution in [3.05, 3.63) is 23.8 Å². The normalized spacial score (nSPS) is 15.3. The first kappa shape index (κ1) is 14.4. The van der Waals surface area contributed by atoms with Crippen LogP contribution < -0.4 is 14.8 Å². The Morgan fingerprint density at radius 3 is 2.80 bits per heavy atom. The molecule has 2 rings (SSSR count). The summed E-state index contributed by atoms with van der Waals surface area (Å²) in [5.74, 6) is 0.813. The van der Waals surface area contributed by atoms with Crippen LogP contribution in [0, 0.1) is 0 Å². The van der Waals surface area contributed by atoms with Crippen molar-refractivity contribution in [3.8, 4) is 11.5 Å². The van der Waals surface area contributed by atoms with Crippen LogP contribution in [0.15, 0.2) is 18.2 Å². The van der Waals surface area contributed by atoms with E-state index in [-0.39, 0.29) is 5.91 Å². The predicted molar refractivity (Wildman–Crippen MR) is 74.3 cm³/mol. The summed E-state index contributed by atoms with van der Waals surface area (Å²) in [4.78, 5) is 22.6. The Hall–Kier alpha value is -2.04. The van der Waals surface area contributed by atoms with Crippen LogP contribution in [0.4, 0.5) is 0 Å². The highest BCUT2D eigenvalue weighted by molar-refractivity contribution is 5.81. The second-order valence-corrected chi connectivity index (χ2v) is 4.80. The summed E-state index contributed by atoms with van der Waals surface area (Å²) in [6.45, 7) is 4.00. The summed E-state index contributed by atoms with van der Waals surface area (Å²) >= 11 is 0. The van der Waals surface area contributed by atoms with Crippen LogP contribution >= 0.6 is 0 Å². The fraction of sp³-hybridized carbons (Fsp3) is 0.467. The molecule has 1 aromatic rings. The fourth-order valence-electron chi connectivity index (χ4n) is 1.75. The largest absolute Gasteiger partial charge is 0.490 e. The van der Waals surface area contributed by atoms with E-state index >= 15 is 0 Å². The molecule has 0 spiro atoms. The van der Waals surface area contributed by atoms with E-state index in [1.165, 1.54) is 0 Å². The van der Waals surface area contributed by atoms with Crippen LogP contribution in [0.25, 0.3) is 0 Å². The first-order valence-corrected chi connectivity index (χ1v) is 6.83. The molecule has 1 amide bonds. The van der Waals surface area contributed by atoms with E-state index in [9.17, 15) is 9.59 Å². The molecule has 5 heteroatoms. The van der Waals surface area contributed by atoms with Gasteiger partial charge in [0.25, 0.3) is 5.91 Å². The van der Waals surface area contributed by atoms with Gasteiger partial charge in [-0.25, -0.2) is 0 Å². The molecule has 0 radical (unpaired) electrons. The number of aldehydes is 1. The fourth-order valence-corrected chi connectivity index (χ4v) is 1.75. The number of carbonyl (C=O) groups excluding carboxylic acids is 2. The van der Waals surface area contributed by atoms with Crippen molar-refractivity contribution in [2.75, 3.05) is 6.61 Å². The standard InChI is InChI=1S/C15H19NO4/c1-3-19-14-8-11(9-17)4-7-13(14)20-10(2)15(18)16-12-5-6-12/h4,7-10,12H,3,5-6H2,1-2H3,(H,16,18). The van der Waals surface area contributed by atoms with Gasteiger partial charge in [-0.05, 0) is 44.9 Å². The SMILES string of the molecule is CCOc1cc(C=O)ccc1OC(C)C(=O)NC1CC1. The number of hydrogen-bond acceptors (Lipinski definition) is 4. The van der Waals surface area contributed by atoms with Gasteiger partial charge in [-0.1, -0.05) is 0 Å².